The lowest BCUT2D eigenvalue weighted by Crippen LogP contribution is -2.38. The Morgan fingerprint density at radius 3 is 2.72 bits per heavy atom. The van der Waals surface area contributed by atoms with Gasteiger partial charge < -0.3 is 16.2 Å². The minimum atomic E-state index is -0.924. The van der Waals surface area contributed by atoms with Crippen LogP contribution in [0, 0.1) is 0 Å². The number of urea groups is 1. The molecule has 6 nitrogen and oxygen atoms in total. The number of primary amides is 1. The maximum absolute atomic E-state index is 11.2. The number of halogens is 1. The number of benzene rings is 1. The number of rotatable bonds is 4. The van der Waals surface area contributed by atoms with E-state index in [1.807, 2.05) is 5.32 Å². The van der Waals surface area contributed by atoms with Gasteiger partial charge in [-0.3, -0.25) is 10.1 Å². The summed E-state index contributed by atoms with van der Waals surface area (Å²) in [6.07, 6.45) is 0. The summed E-state index contributed by atoms with van der Waals surface area (Å²) in [4.78, 5) is 21.6. The SMILES string of the molecule is C[C@@H](N)c1cc(Cl)ccc1OCC(=O)NC(N)=O. The van der Waals surface area contributed by atoms with E-state index in [-0.39, 0.29) is 12.6 Å². The van der Waals surface area contributed by atoms with Gasteiger partial charge in [0.25, 0.3) is 5.91 Å². The average Bonchev–Trinajstić information content (AvgIpc) is 2.26. The molecule has 0 saturated carbocycles. The molecule has 0 aliphatic rings. The van der Waals surface area contributed by atoms with Gasteiger partial charge in [-0.25, -0.2) is 4.79 Å². The predicted octanol–water partition coefficient (Wildman–Crippen LogP) is 0.933. The largest absolute Gasteiger partial charge is 0.483 e. The lowest BCUT2D eigenvalue weighted by Gasteiger charge is -2.13. The molecule has 0 fully saturated rings. The number of nitrogens with one attached hydrogen (secondary N) is 1. The first-order chi connectivity index (χ1) is 8.40. The average molecular weight is 272 g/mol. The van der Waals surface area contributed by atoms with Gasteiger partial charge in [-0.05, 0) is 25.1 Å². The highest BCUT2D eigenvalue weighted by Gasteiger charge is 2.11. The van der Waals surface area contributed by atoms with Crippen LogP contribution >= 0.6 is 11.6 Å². The molecule has 3 amide bonds. The van der Waals surface area contributed by atoms with Gasteiger partial charge in [-0.15, -0.1) is 0 Å². The molecular formula is C11H14ClN3O3. The van der Waals surface area contributed by atoms with Crippen LogP contribution in [0.25, 0.3) is 0 Å². The maximum Gasteiger partial charge on any atom is 0.318 e. The Morgan fingerprint density at radius 1 is 1.50 bits per heavy atom. The fourth-order valence-electron chi connectivity index (χ4n) is 1.32. The number of imide groups is 1. The second-order valence-electron chi connectivity index (χ2n) is 3.67. The van der Waals surface area contributed by atoms with Crippen LogP contribution in [0.4, 0.5) is 4.79 Å². The van der Waals surface area contributed by atoms with Crippen molar-refractivity contribution in [3.8, 4) is 5.75 Å². The molecule has 98 valence electrons. The minimum Gasteiger partial charge on any atom is -0.483 e. The molecule has 0 bridgehead atoms. The molecule has 0 saturated heterocycles. The normalized spacial score (nSPS) is 11.7. The van der Waals surface area contributed by atoms with Gasteiger partial charge in [-0.1, -0.05) is 11.6 Å². The molecule has 0 spiro atoms. The Balaban J connectivity index is 2.72. The van der Waals surface area contributed by atoms with Gasteiger partial charge in [0.1, 0.15) is 5.75 Å². The minimum absolute atomic E-state index is 0.294. The molecule has 1 aromatic rings. The van der Waals surface area contributed by atoms with Crippen LogP contribution in [0.1, 0.15) is 18.5 Å². The summed E-state index contributed by atoms with van der Waals surface area (Å²) in [5, 5.41) is 2.41. The number of carbonyl (C=O) groups excluding carboxylic acids is 2. The van der Waals surface area contributed by atoms with Crippen molar-refractivity contribution < 1.29 is 14.3 Å². The Kier molecular flexibility index (Phi) is 4.94. The second kappa shape index (κ2) is 6.23. The monoisotopic (exact) mass is 271 g/mol. The molecule has 0 heterocycles. The van der Waals surface area contributed by atoms with Crippen LogP contribution in [0.15, 0.2) is 18.2 Å². The molecule has 18 heavy (non-hydrogen) atoms. The molecule has 1 rings (SSSR count). The van der Waals surface area contributed by atoms with E-state index in [4.69, 9.17) is 27.8 Å². The van der Waals surface area contributed by atoms with Crippen molar-refractivity contribution in [2.45, 2.75) is 13.0 Å². The topological polar surface area (TPSA) is 107 Å². The zero-order chi connectivity index (χ0) is 13.7. The number of nitrogens with two attached hydrogens (primary N) is 2. The van der Waals surface area contributed by atoms with Crippen molar-refractivity contribution >= 4 is 23.5 Å². The van der Waals surface area contributed by atoms with Gasteiger partial charge in [-0.2, -0.15) is 0 Å². The van der Waals surface area contributed by atoms with Gasteiger partial charge in [0.2, 0.25) is 0 Å². The van der Waals surface area contributed by atoms with E-state index >= 15 is 0 Å². The third-order valence-corrected chi connectivity index (χ3v) is 2.32. The summed E-state index contributed by atoms with van der Waals surface area (Å²) in [7, 11) is 0. The van der Waals surface area contributed by atoms with E-state index in [0.29, 0.717) is 16.3 Å². The summed E-state index contributed by atoms with van der Waals surface area (Å²) in [5.74, 6) is -0.193. The summed E-state index contributed by atoms with van der Waals surface area (Å²) in [6.45, 7) is 1.44. The van der Waals surface area contributed by atoms with Crippen molar-refractivity contribution in [1.29, 1.82) is 0 Å². The first-order valence-corrected chi connectivity index (χ1v) is 5.55. The zero-order valence-corrected chi connectivity index (χ0v) is 10.5. The second-order valence-corrected chi connectivity index (χ2v) is 4.11. The standard InChI is InChI=1S/C11H14ClN3O3/c1-6(13)8-4-7(12)2-3-9(8)18-5-10(16)15-11(14)17/h2-4,6H,5,13H2,1H3,(H3,14,15,16,17)/t6-/m1/s1. The molecule has 0 unspecified atom stereocenters. The van der Waals surface area contributed by atoms with Crippen LogP contribution in [0.3, 0.4) is 0 Å². The third-order valence-electron chi connectivity index (χ3n) is 2.08. The molecule has 1 aromatic carbocycles. The van der Waals surface area contributed by atoms with Crippen molar-refractivity contribution in [2.75, 3.05) is 6.61 Å². The first kappa shape index (κ1) is 14.3. The van der Waals surface area contributed by atoms with Crippen molar-refractivity contribution in [1.82, 2.24) is 5.32 Å². The van der Waals surface area contributed by atoms with Gasteiger partial charge >= 0.3 is 6.03 Å². The van der Waals surface area contributed by atoms with Crippen LogP contribution in [0.2, 0.25) is 5.02 Å². The number of amides is 3. The zero-order valence-electron chi connectivity index (χ0n) is 9.77. The number of hydrogen-bond donors (Lipinski definition) is 3. The highest BCUT2D eigenvalue weighted by Crippen LogP contribution is 2.27. The molecule has 0 aliphatic heterocycles. The Bertz CT molecular complexity index is 463. The van der Waals surface area contributed by atoms with Crippen LogP contribution in [-0.2, 0) is 4.79 Å². The smallest absolute Gasteiger partial charge is 0.318 e. The molecule has 1 atom stereocenters. The molecule has 0 aromatic heterocycles. The van der Waals surface area contributed by atoms with E-state index in [1.54, 1.807) is 25.1 Å². The lowest BCUT2D eigenvalue weighted by atomic mass is 10.1. The summed E-state index contributed by atoms with van der Waals surface area (Å²) in [6, 6.07) is 3.67. The Hall–Kier alpha value is -1.79. The Morgan fingerprint density at radius 2 is 2.17 bits per heavy atom. The van der Waals surface area contributed by atoms with E-state index in [9.17, 15) is 9.59 Å². The summed E-state index contributed by atoms with van der Waals surface area (Å²) < 4.78 is 5.26. The number of hydrogen-bond acceptors (Lipinski definition) is 4. The fourth-order valence-corrected chi connectivity index (χ4v) is 1.50. The summed E-state index contributed by atoms with van der Waals surface area (Å²) >= 11 is 5.84. The van der Waals surface area contributed by atoms with Gasteiger partial charge in [0, 0.05) is 16.6 Å². The predicted molar refractivity (Wildman–Crippen MR) is 67.3 cm³/mol. The van der Waals surface area contributed by atoms with E-state index in [0.717, 1.165) is 0 Å². The van der Waals surface area contributed by atoms with E-state index in [1.165, 1.54) is 0 Å². The van der Waals surface area contributed by atoms with Crippen LogP contribution in [-0.4, -0.2) is 18.5 Å². The highest BCUT2D eigenvalue weighted by molar-refractivity contribution is 6.30. The van der Waals surface area contributed by atoms with Crippen LogP contribution < -0.4 is 21.5 Å². The number of ether oxygens (including phenoxy) is 1. The van der Waals surface area contributed by atoms with Gasteiger partial charge in [0.15, 0.2) is 6.61 Å². The molecule has 7 heteroatoms. The molecule has 0 aliphatic carbocycles. The first-order valence-electron chi connectivity index (χ1n) is 5.17. The lowest BCUT2D eigenvalue weighted by molar-refractivity contribution is -0.121. The van der Waals surface area contributed by atoms with Crippen LogP contribution in [0.5, 0.6) is 5.75 Å². The fraction of sp³-hybridized carbons (Fsp3) is 0.273. The summed E-state index contributed by atoms with van der Waals surface area (Å²) in [5.41, 5.74) is 11.2. The third kappa shape index (κ3) is 4.23. The van der Waals surface area contributed by atoms with Crippen molar-refractivity contribution in [3.63, 3.8) is 0 Å². The highest BCUT2D eigenvalue weighted by atomic mass is 35.5. The molecular weight excluding hydrogens is 258 g/mol. The molecule has 0 radical (unpaired) electrons. The quantitative estimate of drug-likeness (QED) is 0.757. The van der Waals surface area contributed by atoms with E-state index in [2.05, 4.69) is 0 Å². The Labute approximate surface area is 109 Å². The van der Waals surface area contributed by atoms with E-state index < -0.39 is 11.9 Å². The number of carbonyl (C=O) groups is 2. The molecule has 5 N–H and O–H groups in total. The maximum atomic E-state index is 11.2. The van der Waals surface area contributed by atoms with Crippen molar-refractivity contribution in [3.05, 3.63) is 28.8 Å². The van der Waals surface area contributed by atoms with Crippen molar-refractivity contribution in [2.24, 2.45) is 11.5 Å². The van der Waals surface area contributed by atoms with Gasteiger partial charge in [0.05, 0.1) is 0 Å².